The first-order valence-electron chi connectivity index (χ1n) is 10.5. The second-order valence-corrected chi connectivity index (χ2v) is 7.75. The molecule has 2 amide bonds. The number of imide groups is 1. The van der Waals surface area contributed by atoms with Gasteiger partial charge in [-0.15, -0.1) is 5.06 Å². The molecule has 4 rings (SSSR count). The third kappa shape index (κ3) is 3.67. The molecule has 0 spiro atoms. The van der Waals surface area contributed by atoms with Crippen molar-refractivity contribution in [1.82, 2.24) is 5.06 Å². The van der Waals surface area contributed by atoms with Crippen molar-refractivity contribution in [3.63, 3.8) is 0 Å². The van der Waals surface area contributed by atoms with Crippen molar-refractivity contribution in [3.05, 3.63) is 58.7 Å². The fourth-order valence-corrected chi connectivity index (χ4v) is 4.33. The fourth-order valence-electron chi connectivity index (χ4n) is 4.33. The van der Waals surface area contributed by atoms with Gasteiger partial charge in [0.2, 0.25) is 0 Å². The number of hydrogen-bond donors (Lipinski definition) is 0. The number of hydrogen-bond acceptors (Lipinski definition) is 4. The maximum atomic E-state index is 12.1. The number of hydroxylamine groups is 2. The van der Waals surface area contributed by atoms with Gasteiger partial charge in [0, 0.05) is 19.8 Å². The Morgan fingerprint density at radius 3 is 2.67 bits per heavy atom. The molecular weight excluding hydrogens is 378 g/mol. The smallest absolute Gasteiger partial charge is 0.330 e. The average molecular weight is 403 g/mol. The van der Waals surface area contributed by atoms with Crippen molar-refractivity contribution in [2.24, 2.45) is 0 Å². The normalized spacial score (nSPS) is 13.7. The number of amides is 2. The number of benzene rings is 2. The molecular formula is C25H25NO4. The zero-order valence-electron chi connectivity index (χ0n) is 17.4. The van der Waals surface area contributed by atoms with Gasteiger partial charge in [0.15, 0.2) is 0 Å². The predicted octanol–water partition coefficient (Wildman–Crippen LogP) is 4.76. The monoisotopic (exact) mass is 403 g/mol. The summed E-state index contributed by atoms with van der Waals surface area (Å²) < 4.78 is 0. The van der Waals surface area contributed by atoms with E-state index in [0.717, 1.165) is 19.3 Å². The standard InChI is InChI=1S/C25H25NO4/c1-3-22(28)26(16(2)27)30-23(29)9-5-6-17-10-11-20-13-12-18-7-4-8-19-14-15-21(17)25(20)24(18)19/h4,7,10-14H,3,5-6,8-9,15H2,1-2H3. The van der Waals surface area contributed by atoms with Crippen molar-refractivity contribution in [1.29, 1.82) is 0 Å². The average Bonchev–Trinajstić information content (AvgIpc) is 2.76. The summed E-state index contributed by atoms with van der Waals surface area (Å²) in [6.07, 6.45) is 10.2. The lowest BCUT2D eigenvalue weighted by Crippen LogP contribution is -2.36. The summed E-state index contributed by atoms with van der Waals surface area (Å²) in [4.78, 5) is 40.4. The quantitative estimate of drug-likeness (QED) is 0.675. The van der Waals surface area contributed by atoms with Gasteiger partial charge in [-0.05, 0) is 64.3 Å². The van der Waals surface area contributed by atoms with Crippen LogP contribution in [0, 0.1) is 0 Å². The minimum absolute atomic E-state index is 0.0995. The maximum absolute atomic E-state index is 12.1. The molecule has 154 valence electrons. The number of carbonyl (C=O) groups is 3. The molecule has 0 saturated carbocycles. The lowest BCUT2D eigenvalue weighted by molar-refractivity contribution is -0.201. The van der Waals surface area contributed by atoms with E-state index in [-0.39, 0.29) is 12.8 Å². The molecule has 0 heterocycles. The van der Waals surface area contributed by atoms with Crippen LogP contribution in [0.15, 0.2) is 36.4 Å². The topological polar surface area (TPSA) is 63.7 Å². The molecule has 30 heavy (non-hydrogen) atoms. The summed E-state index contributed by atoms with van der Waals surface area (Å²) in [6.45, 7) is 2.82. The third-order valence-electron chi connectivity index (χ3n) is 5.77. The van der Waals surface area contributed by atoms with E-state index >= 15 is 0 Å². The van der Waals surface area contributed by atoms with E-state index in [4.69, 9.17) is 4.84 Å². The molecule has 0 aliphatic heterocycles. The number of allylic oxidation sites excluding steroid dienone is 3. The molecule has 0 saturated heterocycles. The van der Waals surface area contributed by atoms with Crippen molar-refractivity contribution in [3.8, 4) is 0 Å². The van der Waals surface area contributed by atoms with Crippen molar-refractivity contribution in [2.75, 3.05) is 0 Å². The highest BCUT2D eigenvalue weighted by Crippen LogP contribution is 2.41. The molecule has 0 bridgehead atoms. The molecule has 0 unspecified atom stereocenters. The highest BCUT2D eigenvalue weighted by atomic mass is 16.7. The van der Waals surface area contributed by atoms with Crippen LogP contribution in [0.4, 0.5) is 0 Å². The molecule has 5 heteroatoms. The van der Waals surface area contributed by atoms with Crippen LogP contribution < -0.4 is 0 Å². The van der Waals surface area contributed by atoms with Gasteiger partial charge in [-0.3, -0.25) is 9.59 Å². The zero-order chi connectivity index (χ0) is 21.3. The van der Waals surface area contributed by atoms with E-state index in [1.165, 1.54) is 45.5 Å². The fraction of sp³-hybridized carbons (Fsp3) is 0.320. The second-order valence-electron chi connectivity index (χ2n) is 7.75. The van der Waals surface area contributed by atoms with Crippen LogP contribution >= 0.6 is 0 Å². The van der Waals surface area contributed by atoms with Gasteiger partial charge in [-0.1, -0.05) is 49.4 Å². The maximum Gasteiger partial charge on any atom is 0.333 e. The van der Waals surface area contributed by atoms with E-state index < -0.39 is 17.8 Å². The molecule has 2 aliphatic carbocycles. The molecule has 2 aliphatic rings. The SMILES string of the molecule is CCC(=O)N(OC(=O)CCCc1ccc2ccc3c4c2c1CC=C4CC=C3)C(C)=O. The first-order valence-corrected chi connectivity index (χ1v) is 10.5. The zero-order valence-corrected chi connectivity index (χ0v) is 17.4. The molecule has 2 aromatic rings. The third-order valence-corrected chi connectivity index (χ3v) is 5.77. The molecule has 0 aromatic heterocycles. The minimum atomic E-state index is -0.587. The predicted molar refractivity (Wildman–Crippen MR) is 116 cm³/mol. The Morgan fingerprint density at radius 2 is 1.90 bits per heavy atom. The van der Waals surface area contributed by atoms with Crippen LogP contribution in [-0.2, 0) is 32.1 Å². The highest BCUT2D eigenvalue weighted by molar-refractivity contribution is 6.03. The van der Waals surface area contributed by atoms with Crippen LogP contribution in [0.1, 0.15) is 61.8 Å². The van der Waals surface area contributed by atoms with Crippen LogP contribution in [-0.4, -0.2) is 22.8 Å². The number of rotatable bonds is 5. The van der Waals surface area contributed by atoms with Crippen molar-refractivity contribution >= 4 is 40.2 Å². The summed E-state index contributed by atoms with van der Waals surface area (Å²) in [5.74, 6) is -1.67. The molecule has 0 atom stereocenters. The van der Waals surface area contributed by atoms with Crippen LogP contribution in [0.3, 0.4) is 0 Å². The highest BCUT2D eigenvalue weighted by Gasteiger charge is 2.23. The lowest BCUT2D eigenvalue weighted by atomic mass is 9.79. The van der Waals surface area contributed by atoms with E-state index in [2.05, 4.69) is 42.5 Å². The van der Waals surface area contributed by atoms with Crippen molar-refractivity contribution < 1.29 is 19.2 Å². The number of carbonyl (C=O) groups excluding carboxylic acids is 3. The Hall–Kier alpha value is -3.21. The Labute approximate surface area is 176 Å². The first-order chi connectivity index (χ1) is 14.5. The Morgan fingerprint density at radius 1 is 1.10 bits per heavy atom. The van der Waals surface area contributed by atoms with Gasteiger partial charge in [-0.2, -0.15) is 0 Å². The molecule has 0 N–H and O–H groups in total. The molecule has 2 aromatic carbocycles. The summed E-state index contributed by atoms with van der Waals surface area (Å²) in [6, 6.07) is 8.67. The lowest BCUT2D eigenvalue weighted by Gasteiger charge is -2.25. The minimum Gasteiger partial charge on any atom is -0.330 e. The van der Waals surface area contributed by atoms with Crippen LogP contribution in [0.2, 0.25) is 0 Å². The summed E-state index contributed by atoms with van der Waals surface area (Å²) in [7, 11) is 0. The Bertz CT molecular complexity index is 1110. The first kappa shape index (κ1) is 20.1. The van der Waals surface area contributed by atoms with Crippen molar-refractivity contribution in [2.45, 2.75) is 52.4 Å². The van der Waals surface area contributed by atoms with E-state index in [0.29, 0.717) is 11.5 Å². The number of nitrogens with zero attached hydrogens (tertiary/aromatic N) is 1. The van der Waals surface area contributed by atoms with Gasteiger partial charge < -0.3 is 4.84 Å². The summed E-state index contributed by atoms with van der Waals surface area (Å²) >= 11 is 0. The molecule has 5 nitrogen and oxygen atoms in total. The molecule has 0 radical (unpaired) electrons. The second kappa shape index (κ2) is 8.27. The summed E-state index contributed by atoms with van der Waals surface area (Å²) in [5.41, 5.74) is 6.60. The van der Waals surface area contributed by atoms with Crippen LogP contribution in [0.5, 0.6) is 0 Å². The van der Waals surface area contributed by atoms with E-state index in [1.54, 1.807) is 6.92 Å². The van der Waals surface area contributed by atoms with Gasteiger partial charge in [-0.25, -0.2) is 4.79 Å². The van der Waals surface area contributed by atoms with E-state index in [1.807, 2.05) is 0 Å². The van der Waals surface area contributed by atoms with Gasteiger partial charge in [0.05, 0.1) is 0 Å². The Kier molecular flexibility index (Phi) is 5.53. The number of aryl methyl sites for hydroxylation is 1. The van der Waals surface area contributed by atoms with Gasteiger partial charge >= 0.3 is 5.97 Å². The van der Waals surface area contributed by atoms with Gasteiger partial charge in [0.25, 0.3) is 11.8 Å². The summed E-state index contributed by atoms with van der Waals surface area (Å²) in [5, 5.41) is 3.16. The Balaban J connectivity index is 1.49. The largest absolute Gasteiger partial charge is 0.333 e. The van der Waals surface area contributed by atoms with E-state index in [9.17, 15) is 14.4 Å². The van der Waals surface area contributed by atoms with Crippen LogP contribution in [0.25, 0.3) is 22.4 Å². The molecule has 0 fully saturated rings. The van der Waals surface area contributed by atoms with Gasteiger partial charge in [0.1, 0.15) is 0 Å².